The minimum atomic E-state index is -0.985. The molecule has 0 aromatic heterocycles. The van der Waals surface area contributed by atoms with Gasteiger partial charge in [-0.05, 0) is 24.6 Å². The first kappa shape index (κ1) is 12.7. The van der Waals surface area contributed by atoms with Gasteiger partial charge in [-0.15, -0.1) is 0 Å². The van der Waals surface area contributed by atoms with Gasteiger partial charge in [0, 0.05) is 22.2 Å². The van der Waals surface area contributed by atoms with Crippen molar-refractivity contribution < 1.29 is 9.84 Å². The predicted molar refractivity (Wildman–Crippen MR) is 64.9 cm³/mol. The molecule has 0 saturated carbocycles. The minimum Gasteiger partial charge on any atom is -0.387 e. The maximum atomic E-state index is 10.3. The van der Waals surface area contributed by atoms with E-state index in [4.69, 9.17) is 27.9 Å². The molecule has 0 radical (unpaired) electrons. The van der Waals surface area contributed by atoms with Crippen molar-refractivity contribution in [3.8, 4) is 6.07 Å². The van der Waals surface area contributed by atoms with Crippen molar-refractivity contribution in [2.75, 3.05) is 13.2 Å². The zero-order valence-electron chi connectivity index (χ0n) is 8.99. The Morgan fingerprint density at radius 3 is 2.82 bits per heavy atom. The van der Waals surface area contributed by atoms with Gasteiger partial charge in [-0.2, -0.15) is 5.26 Å². The van der Waals surface area contributed by atoms with E-state index < -0.39 is 11.5 Å². The number of aliphatic hydroxyl groups excluding tert-OH is 1. The summed E-state index contributed by atoms with van der Waals surface area (Å²) < 4.78 is 5.21. The fourth-order valence-corrected chi connectivity index (χ4v) is 2.37. The molecule has 5 heteroatoms. The molecule has 2 unspecified atom stereocenters. The molecule has 1 aliphatic heterocycles. The van der Waals surface area contributed by atoms with E-state index >= 15 is 0 Å². The molecule has 1 aromatic rings. The Morgan fingerprint density at radius 1 is 1.47 bits per heavy atom. The van der Waals surface area contributed by atoms with E-state index in [1.54, 1.807) is 18.2 Å². The molecule has 2 atom stereocenters. The number of halogens is 2. The number of ether oxygens (including phenoxy) is 1. The second-order valence-electron chi connectivity index (χ2n) is 4.14. The zero-order valence-corrected chi connectivity index (χ0v) is 10.5. The van der Waals surface area contributed by atoms with Gasteiger partial charge in [-0.1, -0.05) is 23.2 Å². The highest BCUT2D eigenvalue weighted by molar-refractivity contribution is 6.33. The molecule has 1 aromatic carbocycles. The van der Waals surface area contributed by atoms with Crippen LogP contribution in [0.1, 0.15) is 18.1 Å². The van der Waals surface area contributed by atoms with Crippen LogP contribution in [-0.2, 0) is 4.74 Å². The van der Waals surface area contributed by atoms with Crippen molar-refractivity contribution in [3.63, 3.8) is 0 Å². The molecule has 3 nitrogen and oxygen atoms in total. The van der Waals surface area contributed by atoms with E-state index in [9.17, 15) is 10.4 Å². The summed E-state index contributed by atoms with van der Waals surface area (Å²) in [7, 11) is 0. The summed E-state index contributed by atoms with van der Waals surface area (Å²) in [5.41, 5.74) is -0.444. The third kappa shape index (κ3) is 2.27. The number of benzene rings is 1. The largest absolute Gasteiger partial charge is 0.387 e. The van der Waals surface area contributed by atoms with Gasteiger partial charge in [0.2, 0.25) is 0 Å². The van der Waals surface area contributed by atoms with Gasteiger partial charge < -0.3 is 9.84 Å². The summed E-state index contributed by atoms with van der Waals surface area (Å²) in [6, 6.07) is 6.99. The Bertz CT molecular complexity index is 464. The molecule has 0 spiro atoms. The maximum absolute atomic E-state index is 10.3. The average Bonchev–Trinajstić information content (AvgIpc) is 2.81. The van der Waals surface area contributed by atoms with E-state index in [1.165, 1.54) is 0 Å². The van der Waals surface area contributed by atoms with Crippen LogP contribution in [0.25, 0.3) is 0 Å². The Labute approximate surface area is 110 Å². The second-order valence-corrected chi connectivity index (χ2v) is 4.98. The fraction of sp³-hybridized carbons (Fsp3) is 0.417. The quantitative estimate of drug-likeness (QED) is 0.900. The highest BCUT2D eigenvalue weighted by Gasteiger charge is 2.43. The van der Waals surface area contributed by atoms with Gasteiger partial charge >= 0.3 is 0 Å². The molecule has 0 amide bonds. The van der Waals surface area contributed by atoms with Gasteiger partial charge in [-0.3, -0.25) is 0 Å². The number of nitriles is 1. The molecule has 2 rings (SSSR count). The summed E-state index contributed by atoms with van der Waals surface area (Å²) in [5.74, 6) is 0. The van der Waals surface area contributed by atoms with Gasteiger partial charge in [0.15, 0.2) is 0 Å². The number of nitrogens with zero attached hydrogens (tertiary/aromatic N) is 1. The molecule has 17 heavy (non-hydrogen) atoms. The van der Waals surface area contributed by atoms with Crippen LogP contribution in [0.15, 0.2) is 18.2 Å². The third-order valence-corrected chi connectivity index (χ3v) is 3.63. The van der Waals surface area contributed by atoms with Crippen LogP contribution >= 0.6 is 23.2 Å². The molecular weight excluding hydrogens is 261 g/mol. The number of aliphatic hydroxyl groups is 1. The number of hydrogen-bond acceptors (Lipinski definition) is 3. The molecule has 1 N–H and O–H groups in total. The predicted octanol–water partition coefficient (Wildman–Crippen LogP) is 2.96. The Balaban J connectivity index is 2.39. The lowest BCUT2D eigenvalue weighted by atomic mass is 9.79. The third-order valence-electron chi connectivity index (χ3n) is 3.05. The first-order chi connectivity index (χ1) is 8.09. The Morgan fingerprint density at radius 2 is 2.24 bits per heavy atom. The first-order valence-electron chi connectivity index (χ1n) is 5.21. The molecule has 0 bridgehead atoms. The summed E-state index contributed by atoms with van der Waals surface area (Å²) in [6.45, 7) is 0.691. The Hall–Kier alpha value is -0.790. The van der Waals surface area contributed by atoms with E-state index in [0.29, 0.717) is 28.6 Å². The number of hydrogen-bond donors (Lipinski definition) is 1. The molecule has 1 saturated heterocycles. The van der Waals surface area contributed by atoms with E-state index in [-0.39, 0.29) is 6.61 Å². The zero-order chi connectivity index (χ0) is 12.5. The van der Waals surface area contributed by atoms with E-state index in [1.807, 2.05) is 0 Å². The van der Waals surface area contributed by atoms with Crippen LogP contribution in [-0.4, -0.2) is 18.3 Å². The SMILES string of the molecule is N#CC1(C(O)c2cc(Cl)ccc2Cl)CCOC1. The van der Waals surface area contributed by atoms with Crippen LogP contribution in [0, 0.1) is 16.7 Å². The van der Waals surface area contributed by atoms with Gasteiger partial charge in [0.25, 0.3) is 0 Å². The van der Waals surface area contributed by atoms with Crippen molar-refractivity contribution in [2.24, 2.45) is 5.41 Å². The lowest BCUT2D eigenvalue weighted by Crippen LogP contribution is -2.28. The van der Waals surface area contributed by atoms with Crippen molar-refractivity contribution in [1.82, 2.24) is 0 Å². The standard InChI is InChI=1S/C12H11Cl2NO2/c13-8-1-2-10(14)9(5-8)11(16)12(6-15)3-4-17-7-12/h1-2,5,11,16H,3-4,7H2. The van der Waals surface area contributed by atoms with Crippen molar-refractivity contribution >= 4 is 23.2 Å². The van der Waals surface area contributed by atoms with Crippen molar-refractivity contribution in [2.45, 2.75) is 12.5 Å². The average molecular weight is 272 g/mol. The van der Waals surface area contributed by atoms with Crippen LogP contribution < -0.4 is 0 Å². The lowest BCUT2D eigenvalue weighted by Gasteiger charge is -2.26. The van der Waals surface area contributed by atoms with Gasteiger partial charge in [0.05, 0.1) is 12.7 Å². The summed E-state index contributed by atoms with van der Waals surface area (Å²) in [5, 5.41) is 20.5. The molecule has 1 fully saturated rings. The maximum Gasteiger partial charge on any atom is 0.113 e. The van der Waals surface area contributed by atoms with Crippen molar-refractivity contribution in [3.05, 3.63) is 33.8 Å². The van der Waals surface area contributed by atoms with Crippen LogP contribution in [0.3, 0.4) is 0 Å². The summed E-state index contributed by atoms with van der Waals surface area (Å²) in [6.07, 6.45) is -0.491. The molecule has 1 aliphatic rings. The van der Waals surface area contributed by atoms with Gasteiger partial charge in [0.1, 0.15) is 11.5 Å². The second kappa shape index (κ2) is 4.83. The van der Waals surface area contributed by atoms with Gasteiger partial charge in [-0.25, -0.2) is 0 Å². The molecule has 1 heterocycles. The lowest BCUT2D eigenvalue weighted by molar-refractivity contribution is 0.0505. The molecular formula is C12H11Cl2NO2. The van der Waals surface area contributed by atoms with E-state index in [2.05, 4.69) is 6.07 Å². The van der Waals surface area contributed by atoms with Crippen LogP contribution in [0.4, 0.5) is 0 Å². The number of rotatable bonds is 2. The minimum absolute atomic E-state index is 0.216. The van der Waals surface area contributed by atoms with Crippen molar-refractivity contribution in [1.29, 1.82) is 5.26 Å². The monoisotopic (exact) mass is 271 g/mol. The highest BCUT2D eigenvalue weighted by Crippen LogP contribution is 2.43. The smallest absolute Gasteiger partial charge is 0.113 e. The van der Waals surface area contributed by atoms with Crippen LogP contribution in [0.5, 0.6) is 0 Å². The fourth-order valence-electron chi connectivity index (χ4n) is 1.97. The topological polar surface area (TPSA) is 53.2 Å². The Kier molecular flexibility index (Phi) is 3.60. The highest BCUT2D eigenvalue weighted by atomic mass is 35.5. The summed E-state index contributed by atoms with van der Waals surface area (Å²) in [4.78, 5) is 0. The molecule has 0 aliphatic carbocycles. The van der Waals surface area contributed by atoms with E-state index in [0.717, 1.165) is 0 Å². The molecule has 90 valence electrons. The van der Waals surface area contributed by atoms with Crippen LogP contribution in [0.2, 0.25) is 10.0 Å². The summed E-state index contributed by atoms with van der Waals surface area (Å²) >= 11 is 11.9. The normalized spacial score (nSPS) is 25.5. The first-order valence-corrected chi connectivity index (χ1v) is 5.97.